The van der Waals surface area contributed by atoms with Crippen molar-refractivity contribution in [3.8, 4) is 0 Å². The minimum absolute atomic E-state index is 0.0255. The molecule has 1 rings (SSSR count). The van der Waals surface area contributed by atoms with Crippen LogP contribution in [0.2, 0.25) is 0 Å². The molecule has 1 saturated carbocycles. The number of rotatable bonds is 6. The molecule has 0 bridgehead atoms. The van der Waals surface area contributed by atoms with Gasteiger partial charge in [0.05, 0.1) is 11.8 Å². The number of hydrogen-bond acceptors (Lipinski definition) is 3. The Hall–Kier alpha value is -1.10. The van der Waals surface area contributed by atoms with Gasteiger partial charge in [0.2, 0.25) is 5.91 Å². The summed E-state index contributed by atoms with van der Waals surface area (Å²) in [5.74, 6) is -1.85. The van der Waals surface area contributed by atoms with Gasteiger partial charge in [0.25, 0.3) is 0 Å². The molecule has 5 nitrogen and oxygen atoms in total. The molecule has 3 atom stereocenters. The number of carbonyl (C=O) groups excluding carboxylic acids is 1. The average molecular weight is 243 g/mol. The maximum Gasteiger partial charge on any atom is 0.307 e. The van der Waals surface area contributed by atoms with E-state index in [1.54, 1.807) is 7.11 Å². The smallest absolute Gasteiger partial charge is 0.307 e. The van der Waals surface area contributed by atoms with Gasteiger partial charge in [-0.3, -0.25) is 9.59 Å². The van der Waals surface area contributed by atoms with Crippen molar-refractivity contribution in [1.29, 1.82) is 0 Å². The summed E-state index contributed by atoms with van der Waals surface area (Å²) in [5.41, 5.74) is 0. The van der Waals surface area contributed by atoms with Gasteiger partial charge in [-0.15, -0.1) is 0 Å². The maximum atomic E-state index is 11.9. The van der Waals surface area contributed by atoms with E-state index in [1.807, 2.05) is 6.92 Å². The molecule has 0 radical (unpaired) electrons. The molecule has 0 aromatic heterocycles. The number of hydrogen-bond donors (Lipinski definition) is 2. The van der Waals surface area contributed by atoms with Crippen LogP contribution < -0.4 is 5.32 Å². The van der Waals surface area contributed by atoms with Crippen molar-refractivity contribution in [3.05, 3.63) is 0 Å². The van der Waals surface area contributed by atoms with Crippen molar-refractivity contribution in [2.75, 3.05) is 13.7 Å². The largest absolute Gasteiger partial charge is 0.481 e. The van der Waals surface area contributed by atoms with E-state index in [-0.39, 0.29) is 17.9 Å². The van der Waals surface area contributed by atoms with Crippen molar-refractivity contribution in [1.82, 2.24) is 5.32 Å². The molecule has 17 heavy (non-hydrogen) atoms. The summed E-state index contributed by atoms with van der Waals surface area (Å²) in [5, 5.41) is 11.9. The molecule has 1 unspecified atom stereocenters. The second-order valence-corrected chi connectivity index (χ2v) is 4.67. The zero-order chi connectivity index (χ0) is 12.8. The van der Waals surface area contributed by atoms with Crippen LogP contribution in [-0.2, 0) is 14.3 Å². The molecular formula is C12H21NO4. The lowest BCUT2D eigenvalue weighted by Gasteiger charge is -2.19. The fraction of sp³-hybridized carbons (Fsp3) is 0.833. The molecule has 98 valence electrons. The molecule has 5 heteroatoms. The van der Waals surface area contributed by atoms with Crippen LogP contribution in [0.25, 0.3) is 0 Å². The summed E-state index contributed by atoms with van der Waals surface area (Å²) in [4.78, 5) is 22.9. The number of carboxylic acid groups (broad SMARTS) is 1. The van der Waals surface area contributed by atoms with Crippen LogP contribution in [-0.4, -0.2) is 36.7 Å². The molecule has 1 aliphatic carbocycles. The molecule has 0 spiro atoms. The van der Waals surface area contributed by atoms with Gasteiger partial charge in [0.1, 0.15) is 0 Å². The summed E-state index contributed by atoms with van der Waals surface area (Å²) in [6, 6.07) is 0.0255. The van der Waals surface area contributed by atoms with Gasteiger partial charge in [-0.1, -0.05) is 6.42 Å². The minimum Gasteiger partial charge on any atom is -0.481 e. The van der Waals surface area contributed by atoms with Crippen molar-refractivity contribution >= 4 is 11.9 Å². The predicted molar refractivity (Wildman–Crippen MR) is 62.6 cm³/mol. The van der Waals surface area contributed by atoms with E-state index in [1.165, 1.54) is 0 Å². The molecule has 1 amide bonds. The zero-order valence-corrected chi connectivity index (χ0v) is 10.4. The second-order valence-electron chi connectivity index (χ2n) is 4.67. The topological polar surface area (TPSA) is 75.6 Å². The van der Waals surface area contributed by atoms with Crippen LogP contribution in [0.15, 0.2) is 0 Å². The third kappa shape index (κ3) is 4.00. The molecule has 1 fully saturated rings. The van der Waals surface area contributed by atoms with Crippen LogP contribution in [0.4, 0.5) is 0 Å². The number of carbonyl (C=O) groups is 2. The fourth-order valence-electron chi connectivity index (χ4n) is 2.29. The van der Waals surface area contributed by atoms with Crippen LogP contribution in [0, 0.1) is 11.8 Å². The Bertz CT molecular complexity index is 280. The second kappa shape index (κ2) is 6.59. The molecule has 0 aromatic carbocycles. The van der Waals surface area contributed by atoms with E-state index in [0.717, 1.165) is 12.8 Å². The molecular weight excluding hydrogens is 222 g/mol. The zero-order valence-electron chi connectivity index (χ0n) is 10.4. The monoisotopic (exact) mass is 243 g/mol. The Labute approximate surface area is 102 Å². The van der Waals surface area contributed by atoms with Crippen molar-refractivity contribution in [2.45, 2.75) is 38.6 Å². The van der Waals surface area contributed by atoms with Crippen LogP contribution in [0.5, 0.6) is 0 Å². The van der Waals surface area contributed by atoms with Crippen LogP contribution in [0.3, 0.4) is 0 Å². The first-order valence-electron chi connectivity index (χ1n) is 6.08. The number of carboxylic acids is 1. The average Bonchev–Trinajstić information content (AvgIpc) is 2.75. The fourth-order valence-corrected chi connectivity index (χ4v) is 2.29. The van der Waals surface area contributed by atoms with Gasteiger partial charge >= 0.3 is 5.97 Å². The van der Waals surface area contributed by atoms with E-state index in [4.69, 9.17) is 9.84 Å². The summed E-state index contributed by atoms with van der Waals surface area (Å²) >= 11 is 0. The lowest BCUT2D eigenvalue weighted by Crippen LogP contribution is -2.40. The summed E-state index contributed by atoms with van der Waals surface area (Å²) in [7, 11) is 1.62. The van der Waals surface area contributed by atoms with Crippen molar-refractivity contribution < 1.29 is 19.4 Å². The first-order chi connectivity index (χ1) is 8.06. The third-order valence-corrected chi connectivity index (χ3v) is 3.31. The van der Waals surface area contributed by atoms with Gasteiger partial charge in [0.15, 0.2) is 0 Å². The Balaban J connectivity index is 2.43. The van der Waals surface area contributed by atoms with Gasteiger partial charge in [0, 0.05) is 19.8 Å². The highest BCUT2D eigenvalue weighted by Gasteiger charge is 2.37. The first-order valence-corrected chi connectivity index (χ1v) is 6.08. The first kappa shape index (κ1) is 14.0. The highest BCUT2D eigenvalue weighted by molar-refractivity contribution is 5.85. The van der Waals surface area contributed by atoms with Crippen LogP contribution >= 0.6 is 0 Å². The van der Waals surface area contributed by atoms with E-state index in [2.05, 4.69) is 5.32 Å². The highest BCUT2D eigenvalue weighted by atomic mass is 16.5. The van der Waals surface area contributed by atoms with Crippen molar-refractivity contribution in [2.24, 2.45) is 11.8 Å². The van der Waals surface area contributed by atoms with E-state index in [9.17, 15) is 9.59 Å². The quantitative estimate of drug-likeness (QED) is 0.730. The summed E-state index contributed by atoms with van der Waals surface area (Å²) in [6.45, 7) is 2.50. The number of amides is 1. The maximum absolute atomic E-state index is 11.9. The van der Waals surface area contributed by atoms with Crippen LogP contribution in [0.1, 0.15) is 32.6 Å². The number of methoxy groups -OCH3 is 1. The lowest BCUT2D eigenvalue weighted by atomic mass is 9.95. The van der Waals surface area contributed by atoms with E-state index in [0.29, 0.717) is 19.4 Å². The molecule has 0 aliphatic heterocycles. The molecule has 2 N–H and O–H groups in total. The van der Waals surface area contributed by atoms with Gasteiger partial charge in [-0.05, 0) is 26.2 Å². The van der Waals surface area contributed by atoms with Crippen molar-refractivity contribution in [3.63, 3.8) is 0 Å². The Kier molecular flexibility index (Phi) is 5.41. The molecule has 0 saturated heterocycles. The normalized spacial score (nSPS) is 25.5. The predicted octanol–water partition coefficient (Wildman–Crippen LogP) is 1.03. The number of ether oxygens (including phenoxy) is 1. The van der Waals surface area contributed by atoms with Gasteiger partial charge in [-0.25, -0.2) is 0 Å². The van der Waals surface area contributed by atoms with Gasteiger partial charge < -0.3 is 15.2 Å². The number of aliphatic carboxylic acids is 1. The standard InChI is InChI=1S/C12H21NO4/c1-8(6-7-17-2)13-11(14)9-4-3-5-10(9)12(15)16/h8-10H,3-7H2,1-2H3,(H,13,14)(H,15,16)/t8?,9-,10+/m1/s1. The Morgan fingerprint density at radius 1 is 1.41 bits per heavy atom. The van der Waals surface area contributed by atoms with E-state index >= 15 is 0 Å². The minimum atomic E-state index is -0.854. The Morgan fingerprint density at radius 3 is 2.65 bits per heavy atom. The molecule has 0 aromatic rings. The SMILES string of the molecule is COCCC(C)NC(=O)[C@@H]1CCC[C@@H]1C(=O)O. The number of nitrogens with one attached hydrogen (secondary N) is 1. The summed E-state index contributed by atoms with van der Waals surface area (Å²) < 4.78 is 4.93. The highest BCUT2D eigenvalue weighted by Crippen LogP contribution is 2.32. The summed E-state index contributed by atoms with van der Waals surface area (Å²) in [6.07, 6.45) is 2.86. The van der Waals surface area contributed by atoms with E-state index < -0.39 is 11.9 Å². The lowest BCUT2D eigenvalue weighted by molar-refractivity contribution is -0.146. The third-order valence-electron chi connectivity index (χ3n) is 3.31. The molecule has 0 heterocycles. The Morgan fingerprint density at radius 2 is 2.06 bits per heavy atom. The van der Waals surface area contributed by atoms with Gasteiger partial charge in [-0.2, -0.15) is 0 Å². The molecule has 1 aliphatic rings.